The van der Waals surface area contributed by atoms with E-state index in [-0.39, 0.29) is 11.7 Å². The van der Waals surface area contributed by atoms with Gasteiger partial charge >= 0.3 is 0 Å². The van der Waals surface area contributed by atoms with E-state index in [1.165, 1.54) is 17.4 Å². The van der Waals surface area contributed by atoms with Gasteiger partial charge in [-0.2, -0.15) is 0 Å². The molecule has 0 spiro atoms. The SMILES string of the molecule is O=C(c1csc(-c2ccccc2F)n1)N1CCN(Cc2csc(-c3ccccc3)n2)CC1. The van der Waals surface area contributed by atoms with Crippen molar-refractivity contribution in [2.24, 2.45) is 0 Å². The summed E-state index contributed by atoms with van der Waals surface area (Å²) >= 11 is 2.96. The van der Waals surface area contributed by atoms with Crippen LogP contribution in [0.1, 0.15) is 16.2 Å². The number of hydrogen-bond donors (Lipinski definition) is 0. The maximum Gasteiger partial charge on any atom is 0.273 e. The average molecular weight is 465 g/mol. The van der Waals surface area contributed by atoms with Crippen LogP contribution in [-0.2, 0) is 6.54 Å². The highest BCUT2D eigenvalue weighted by Gasteiger charge is 2.25. The van der Waals surface area contributed by atoms with E-state index in [0.29, 0.717) is 29.4 Å². The van der Waals surface area contributed by atoms with Crippen molar-refractivity contribution in [2.45, 2.75) is 6.54 Å². The van der Waals surface area contributed by atoms with Crippen molar-refractivity contribution in [3.63, 3.8) is 0 Å². The molecule has 4 aromatic rings. The van der Waals surface area contributed by atoms with Gasteiger partial charge in [-0.25, -0.2) is 14.4 Å². The number of benzene rings is 2. The molecule has 5 nitrogen and oxygen atoms in total. The zero-order valence-corrected chi connectivity index (χ0v) is 18.9. The van der Waals surface area contributed by atoms with Gasteiger partial charge in [-0.05, 0) is 12.1 Å². The molecule has 1 fully saturated rings. The van der Waals surface area contributed by atoms with Crippen molar-refractivity contribution >= 4 is 28.6 Å². The van der Waals surface area contributed by atoms with Crippen LogP contribution in [0.5, 0.6) is 0 Å². The number of aromatic nitrogens is 2. The lowest BCUT2D eigenvalue weighted by atomic mass is 10.2. The largest absolute Gasteiger partial charge is 0.335 e. The first kappa shape index (κ1) is 20.9. The van der Waals surface area contributed by atoms with E-state index in [2.05, 4.69) is 27.4 Å². The molecule has 0 aliphatic carbocycles. The van der Waals surface area contributed by atoms with Gasteiger partial charge in [0.05, 0.1) is 5.69 Å². The van der Waals surface area contributed by atoms with E-state index in [1.807, 2.05) is 23.1 Å². The number of hydrogen-bond acceptors (Lipinski definition) is 6. The van der Waals surface area contributed by atoms with Crippen molar-refractivity contribution in [3.8, 4) is 21.1 Å². The molecule has 0 saturated carbocycles. The number of carbonyl (C=O) groups is 1. The minimum Gasteiger partial charge on any atom is -0.335 e. The summed E-state index contributed by atoms with van der Waals surface area (Å²) in [6.07, 6.45) is 0. The molecule has 32 heavy (non-hydrogen) atoms. The highest BCUT2D eigenvalue weighted by Crippen LogP contribution is 2.27. The Morgan fingerprint density at radius 1 is 0.875 bits per heavy atom. The number of rotatable bonds is 5. The third-order valence-corrected chi connectivity index (χ3v) is 7.26. The molecule has 5 rings (SSSR count). The fraction of sp³-hybridized carbons (Fsp3) is 0.208. The lowest BCUT2D eigenvalue weighted by molar-refractivity contribution is 0.0622. The van der Waals surface area contributed by atoms with Gasteiger partial charge in [0.2, 0.25) is 0 Å². The Morgan fingerprint density at radius 3 is 2.38 bits per heavy atom. The fourth-order valence-corrected chi connectivity index (χ4v) is 5.36. The van der Waals surface area contributed by atoms with Gasteiger partial charge in [-0.15, -0.1) is 22.7 Å². The fourth-order valence-electron chi connectivity index (χ4n) is 3.72. The van der Waals surface area contributed by atoms with Gasteiger partial charge < -0.3 is 4.90 Å². The van der Waals surface area contributed by atoms with Crippen LogP contribution < -0.4 is 0 Å². The minimum absolute atomic E-state index is 0.0940. The number of thiazole rings is 2. The number of halogens is 1. The van der Waals surface area contributed by atoms with Crippen LogP contribution in [0.3, 0.4) is 0 Å². The van der Waals surface area contributed by atoms with E-state index in [4.69, 9.17) is 4.98 Å². The molecule has 8 heteroatoms. The first-order valence-corrected chi connectivity index (χ1v) is 12.2. The van der Waals surface area contributed by atoms with Crippen LogP contribution in [0, 0.1) is 5.82 Å². The van der Waals surface area contributed by atoms with Gasteiger partial charge in [0.1, 0.15) is 21.5 Å². The molecule has 3 heterocycles. The summed E-state index contributed by atoms with van der Waals surface area (Å²) in [5.74, 6) is -0.421. The smallest absolute Gasteiger partial charge is 0.273 e. The van der Waals surface area contributed by atoms with Crippen LogP contribution in [0.4, 0.5) is 4.39 Å². The Balaban J connectivity index is 1.18. The summed E-state index contributed by atoms with van der Waals surface area (Å²) in [7, 11) is 0. The molecular weight excluding hydrogens is 443 g/mol. The summed E-state index contributed by atoms with van der Waals surface area (Å²) in [6.45, 7) is 3.63. The molecule has 0 unspecified atom stereocenters. The highest BCUT2D eigenvalue weighted by atomic mass is 32.1. The molecule has 1 saturated heterocycles. The number of amides is 1. The summed E-state index contributed by atoms with van der Waals surface area (Å²) in [5, 5.41) is 5.39. The molecule has 2 aromatic carbocycles. The molecule has 1 aliphatic rings. The molecular formula is C24H21FN4OS2. The van der Waals surface area contributed by atoms with Crippen LogP contribution in [0.2, 0.25) is 0 Å². The van der Waals surface area contributed by atoms with Crippen molar-refractivity contribution in [1.29, 1.82) is 0 Å². The van der Waals surface area contributed by atoms with Gasteiger partial charge in [-0.3, -0.25) is 9.69 Å². The molecule has 0 atom stereocenters. The molecule has 1 aliphatic heterocycles. The van der Waals surface area contributed by atoms with Crippen LogP contribution in [0.15, 0.2) is 65.4 Å². The summed E-state index contributed by atoms with van der Waals surface area (Å²) in [4.78, 5) is 26.2. The van der Waals surface area contributed by atoms with E-state index in [0.717, 1.165) is 35.9 Å². The number of piperazine rings is 1. The van der Waals surface area contributed by atoms with Gasteiger partial charge in [0, 0.05) is 54.6 Å². The minimum atomic E-state index is -0.327. The van der Waals surface area contributed by atoms with Crippen molar-refractivity contribution in [3.05, 3.63) is 82.6 Å². The summed E-state index contributed by atoms with van der Waals surface area (Å²) < 4.78 is 14.0. The van der Waals surface area contributed by atoms with E-state index in [9.17, 15) is 9.18 Å². The molecule has 0 bridgehead atoms. The lowest BCUT2D eigenvalue weighted by Gasteiger charge is -2.34. The quantitative estimate of drug-likeness (QED) is 0.416. The second kappa shape index (κ2) is 9.28. The van der Waals surface area contributed by atoms with E-state index in [1.54, 1.807) is 34.9 Å². The average Bonchev–Trinajstić information content (AvgIpc) is 3.50. The summed E-state index contributed by atoms with van der Waals surface area (Å²) in [6, 6.07) is 16.7. The Morgan fingerprint density at radius 2 is 1.59 bits per heavy atom. The van der Waals surface area contributed by atoms with E-state index < -0.39 is 0 Å². The maximum atomic E-state index is 14.0. The zero-order valence-electron chi connectivity index (χ0n) is 17.3. The standard InChI is InChI=1S/C24H21FN4OS2/c25-20-9-5-4-8-19(20)23-27-21(16-32-23)24(30)29-12-10-28(11-13-29)14-18-15-31-22(26-18)17-6-2-1-3-7-17/h1-9,15-16H,10-14H2. The molecule has 0 radical (unpaired) electrons. The van der Waals surface area contributed by atoms with Gasteiger partial charge in [-0.1, -0.05) is 42.5 Å². The third kappa shape index (κ3) is 4.48. The molecule has 1 amide bonds. The number of carbonyl (C=O) groups excluding carboxylic acids is 1. The monoisotopic (exact) mass is 464 g/mol. The Labute approximate surface area is 193 Å². The van der Waals surface area contributed by atoms with Crippen molar-refractivity contribution in [2.75, 3.05) is 26.2 Å². The lowest BCUT2D eigenvalue weighted by Crippen LogP contribution is -2.48. The van der Waals surface area contributed by atoms with Crippen molar-refractivity contribution in [1.82, 2.24) is 19.8 Å². The van der Waals surface area contributed by atoms with Crippen LogP contribution >= 0.6 is 22.7 Å². The van der Waals surface area contributed by atoms with Crippen LogP contribution in [0.25, 0.3) is 21.1 Å². The first-order chi connectivity index (χ1) is 15.7. The van der Waals surface area contributed by atoms with Crippen LogP contribution in [-0.4, -0.2) is 51.9 Å². The Hall–Kier alpha value is -2.94. The normalized spacial score (nSPS) is 14.6. The molecule has 0 N–H and O–H groups in total. The predicted octanol–water partition coefficient (Wildman–Crippen LogP) is 5.03. The van der Waals surface area contributed by atoms with Gasteiger partial charge in [0.15, 0.2) is 0 Å². The third-order valence-electron chi connectivity index (χ3n) is 5.45. The van der Waals surface area contributed by atoms with Gasteiger partial charge in [0.25, 0.3) is 5.91 Å². The first-order valence-electron chi connectivity index (χ1n) is 10.4. The van der Waals surface area contributed by atoms with Crippen molar-refractivity contribution < 1.29 is 9.18 Å². The van der Waals surface area contributed by atoms with E-state index >= 15 is 0 Å². The highest BCUT2D eigenvalue weighted by molar-refractivity contribution is 7.13. The molecule has 162 valence electrons. The predicted molar refractivity (Wildman–Crippen MR) is 126 cm³/mol. The molecule has 2 aromatic heterocycles. The summed E-state index contributed by atoms with van der Waals surface area (Å²) in [5.41, 5.74) is 3.01. The zero-order chi connectivity index (χ0) is 21.9. The Bertz CT molecular complexity index is 1220. The second-order valence-electron chi connectivity index (χ2n) is 7.60. The second-order valence-corrected chi connectivity index (χ2v) is 9.31. The number of nitrogens with zero attached hydrogens (tertiary/aromatic N) is 4. The maximum absolute atomic E-state index is 14.0. The topological polar surface area (TPSA) is 49.3 Å². The Kier molecular flexibility index (Phi) is 6.07.